The first-order valence-electron chi connectivity index (χ1n) is 23.0. The van der Waals surface area contributed by atoms with Gasteiger partial charge in [0.25, 0.3) is 0 Å². The number of primary amides is 1. The maximum atomic E-state index is 12.8. The number of pyridine rings is 2. The zero-order valence-corrected chi connectivity index (χ0v) is 43.7. The Morgan fingerprint density at radius 1 is 0.577 bits per heavy atom. The molecule has 4 aromatic carbocycles. The Kier molecular flexibility index (Phi) is 25.8. The van der Waals surface area contributed by atoms with E-state index in [1.165, 1.54) is 0 Å². The molecular formula is C55H63N6NaO9. The normalized spacial score (nSPS) is 11.0. The number of likely N-dealkylation sites (N-methyl/N-ethyl adjacent to an activating group) is 2. The molecular weight excluding hydrogens is 912 g/mol. The molecule has 0 saturated heterocycles. The van der Waals surface area contributed by atoms with E-state index >= 15 is 0 Å². The molecule has 2 atom stereocenters. The second-order valence-electron chi connectivity index (χ2n) is 16.3. The third-order valence-corrected chi connectivity index (χ3v) is 10.5. The largest absolute Gasteiger partial charge is 1.00 e. The van der Waals surface area contributed by atoms with Crippen LogP contribution >= 0.6 is 0 Å². The Balaban J connectivity index is 0.000000351. The maximum Gasteiger partial charge on any atom is 1.00 e. The minimum Gasteiger partial charge on any atom is -0.855 e. The van der Waals surface area contributed by atoms with Gasteiger partial charge in [0.05, 0.1) is 18.4 Å². The second kappa shape index (κ2) is 31.3. The van der Waals surface area contributed by atoms with Gasteiger partial charge in [-0.1, -0.05) is 67.6 Å². The maximum absolute atomic E-state index is 12.8. The average molecular weight is 975 g/mol. The molecule has 6 aromatic rings. The van der Waals surface area contributed by atoms with E-state index < -0.39 is 11.9 Å². The zero-order chi connectivity index (χ0) is 50.8. The number of amides is 5. The van der Waals surface area contributed by atoms with Crippen LogP contribution in [0.15, 0.2) is 146 Å². The number of benzene rings is 4. The fourth-order valence-electron chi connectivity index (χ4n) is 7.02. The summed E-state index contributed by atoms with van der Waals surface area (Å²) in [7, 11) is 7.05. The standard InChI is InChI=1S/C27H30N2O4.C26H28N4O4.C2H5O.Na/c1-4-32-26(30)16-9-20-7-12-23(13-8-20)33-24-14-10-22(11-15-24)25(27(31)29(2)3)18-21-6-5-17-28-19-21;1-30(2)25(32)23(16-19-4-3-15-28-17-19)20-8-12-22(13-9-20)34-21-10-5-18(6-11-21)7-14-24(31)29-26(27)33;1-2-3;/h5-8,10-15,17,19,25H,4,9,16,18H2,1-3H3;3-6,8-13,15,17,23H,7,14,16H2,1-2H3,(H3,27,29,31,33);2H2,1H3;/q;;-1;+1. The Labute approximate surface area is 439 Å². The minimum atomic E-state index is -0.853. The van der Waals surface area contributed by atoms with Crippen LogP contribution in [-0.4, -0.2) is 90.9 Å². The SMILES string of the molecule is CCOC(=O)CCc1ccc(Oc2ccc(C(Cc3cccnc3)C(=O)N(C)C)cc2)cc1.CC[O-].CN(C)C(=O)C(Cc1cccnc1)c1ccc(Oc2ccc(CCC(=O)NC(N)=O)cc2)cc1.[Na+]. The topological polar surface area (TPSA) is 206 Å². The summed E-state index contributed by atoms with van der Waals surface area (Å²) < 4.78 is 16.9. The summed E-state index contributed by atoms with van der Waals surface area (Å²) in [5.74, 6) is 1.55. The number of urea groups is 1. The van der Waals surface area contributed by atoms with Gasteiger partial charge in [-0.2, -0.15) is 0 Å². The van der Waals surface area contributed by atoms with E-state index in [0.29, 0.717) is 61.7 Å². The summed E-state index contributed by atoms with van der Waals surface area (Å²) >= 11 is 0. The summed E-state index contributed by atoms with van der Waals surface area (Å²) in [6.07, 6.45) is 9.79. The molecule has 2 heterocycles. The van der Waals surface area contributed by atoms with E-state index in [2.05, 4.69) is 9.97 Å². The number of hydrogen-bond donors (Lipinski definition) is 2. The summed E-state index contributed by atoms with van der Waals surface area (Å²) in [6, 6.07) is 37.0. The molecule has 2 aromatic heterocycles. The van der Waals surface area contributed by atoms with Crippen LogP contribution in [0.3, 0.4) is 0 Å². The molecule has 0 aliphatic rings. The number of hydrogen-bond acceptors (Lipinski definition) is 11. The molecule has 0 aliphatic heterocycles. The number of nitrogens with two attached hydrogens (primary N) is 1. The van der Waals surface area contributed by atoms with Gasteiger partial charge in [0.1, 0.15) is 23.0 Å². The van der Waals surface area contributed by atoms with Crippen molar-refractivity contribution in [3.8, 4) is 23.0 Å². The zero-order valence-electron chi connectivity index (χ0n) is 41.7. The molecule has 0 aliphatic carbocycles. The third kappa shape index (κ3) is 20.9. The number of imide groups is 1. The number of nitrogens with zero attached hydrogens (tertiary/aromatic N) is 4. The van der Waals surface area contributed by atoms with Crippen LogP contribution in [0.1, 0.15) is 71.9 Å². The van der Waals surface area contributed by atoms with Gasteiger partial charge in [0, 0.05) is 65.8 Å². The molecule has 0 spiro atoms. The summed E-state index contributed by atoms with van der Waals surface area (Å²) in [4.78, 5) is 70.9. The Bertz CT molecular complexity index is 2530. The van der Waals surface area contributed by atoms with Crippen molar-refractivity contribution >= 4 is 29.7 Å². The van der Waals surface area contributed by atoms with Gasteiger partial charge in [0.15, 0.2) is 0 Å². The van der Waals surface area contributed by atoms with Gasteiger partial charge >= 0.3 is 41.6 Å². The number of aromatic nitrogens is 2. The predicted octanol–water partition coefficient (Wildman–Crippen LogP) is 4.57. The Morgan fingerprint density at radius 3 is 1.27 bits per heavy atom. The van der Waals surface area contributed by atoms with Gasteiger partial charge in [-0.3, -0.25) is 34.5 Å². The second-order valence-corrected chi connectivity index (χ2v) is 16.3. The number of carbonyl (C=O) groups excluding carboxylic acids is 5. The first-order chi connectivity index (χ1) is 33.7. The molecule has 5 amide bonds. The van der Waals surface area contributed by atoms with Crippen molar-refractivity contribution in [3.05, 3.63) is 179 Å². The van der Waals surface area contributed by atoms with Gasteiger partial charge < -0.3 is 34.9 Å². The molecule has 0 saturated carbocycles. The van der Waals surface area contributed by atoms with Crippen molar-refractivity contribution in [3.63, 3.8) is 0 Å². The van der Waals surface area contributed by atoms with Crippen molar-refractivity contribution in [2.24, 2.45) is 5.73 Å². The van der Waals surface area contributed by atoms with E-state index in [-0.39, 0.29) is 72.2 Å². The van der Waals surface area contributed by atoms with Crippen molar-refractivity contribution in [2.45, 2.75) is 64.2 Å². The van der Waals surface area contributed by atoms with Crippen molar-refractivity contribution in [1.82, 2.24) is 25.1 Å². The molecule has 3 N–H and O–H groups in total. The smallest absolute Gasteiger partial charge is 0.855 e. The van der Waals surface area contributed by atoms with Crippen LogP contribution in [0, 0.1) is 0 Å². The number of carbonyl (C=O) groups is 5. The number of aryl methyl sites for hydroxylation is 2. The summed E-state index contributed by atoms with van der Waals surface area (Å²) in [5.41, 5.74) is 10.8. The third-order valence-electron chi connectivity index (χ3n) is 10.5. The molecule has 2 unspecified atom stereocenters. The number of nitrogens with one attached hydrogen (secondary N) is 1. The first kappa shape index (κ1) is 58.4. The van der Waals surface area contributed by atoms with E-state index in [1.807, 2.05) is 127 Å². The molecule has 15 nitrogen and oxygen atoms in total. The summed E-state index contributed by atoms with van der Waals surface area (Å²) in [6.45, 7) is 3.77. The molecule has 71 heavy (non-hydrogen) atoms. The Morgan fingerprint density at radius 2 is 0.944 bits per heavy atom. The predicted molar refractivity (Wildman–Crippen MR) is 266 cm³/mol. The molecule has 368 valence electrons. The molecule has 0 radical (unpaired) electrons. The quantitative estimate of drug-likeness (QED) is 0.0850. The average Bonchev–Trinajstić information content (AvgIpc) is 3.35. The van der Waals surface area contributed by atoms with E-state index in [4.69, 9.17) is 25.1 Å². The van der Waals surface area contributed by atoms with Crippen LogP contribution in [-0.2, 0) is 49.6 Å². The van der Waals surface area contributed by atoms with E-state index in [1.54, 1.807) is 76.6 Å². The van der Waals surface area contributed by atoms with Gasteiger partial charge in [-0.05, 0) is 127 Å². The van der Waals surface area contributed by atoms with Crippen molar-refractivity contribution in [1.29, 1.82) is 0 Å². The monoisotopic (exact) mass is 974 g/mol. The molecule has 0 fully saturated rings. The van der Waals surface area contributed by atoms with Crippen LogP contribution in [0.5, 0.6) is 23.0 Å². The number of rotatable bonds is 19. The van der Waals surface area contributed by atoms with Crippen molar-refractivity contribution in [2.75, 3.05) is 41.4 Å². The Hall–Kier alpha value is -6.91. The fourth-order valence-corrected chi connectivity index (χ4v) is 7.02. The first-order valence-corrected chi connectivity index (χ1v) is 23.0. The van der Waals surface area contributed by atoms with Crippen LogP contribution in [0.25, 0.3) is 0 Å². The van der Waals surface area contributed by atoms with E-state index in [0.717, 1.165) is 33.4 Å². The number of ether oxygens (including phenoxy) is 3. The molecule has 16 heteroatoms. The summed E-state index contributed by atoms with van der Waals surface area (Å²) in [5, 5.41) is 11.0. The molecule has 6 rings (SSSR count). The van der Waals surface area contributed by atoms with Gasteiger partial charge in [-0.15, -0.1) is 6.61 Å². The van der Waals surface area contributed by atoms with Crippen LogP contribution in [0.4, 0.5) is 4.79 Å². The van der Waals surface area contributed by atoms with E-state index in [9.17, 15) is 24.0 Å². The van der Waals surface area contributed by atoms with Crippen LogP contribution in [0.2, 0.25) is 0 Å². The molecule has 0 bridgehead atoms. The van der Waals surface area contributed by atoms with Crippen LogP contribution < -0.4 is 55.2 Å². The van der Waals surface area contributed by atoms with Gasteiger partial charge in [0.2, 0.25) is 17.7 Å². The van der Waals surface area contributed by atoms with Crippen molar-refractivity contribution < 1.29 is 72.8 Å². The fraction of sp³-hybridized carbons (Fsp3) is 0.291. The number of esters is 1. The van der Waals surface area contributed by atoms with Gasteiger partial charge in [-0.25, -0.2) is 4.79 Å². The minimum absolute atomic E-state index is 0.